The van der Waals surface area contributed by atoms with Gasteiger partial charge in [-0.1, -0.05) is 0 Å². The number of rotatable bonds is 4. The van der Waals surface area contributed by atoms with Crippen LogP contribution in [-0.2, 0) is 4.79 Å². The molecule has 0 aromatic carbocycles. The minimum atomic E-state index is -0.870. The normalized spacial score (nSPS) is 13.1. The van der Waals surface area contributed by atoms with E-state index < -0.39 is 11.9 Å². The molecule has 1 N–H and O–H groups in total. The van der Waals surface area contributed by atoms with E-state index >= 15 is 0 Å². The van der Waals surface area contributed by atoms with Gasteiger partial charge in [-0.05, 0) is 6.42 Å². The van der Waals surface area contributed by atoms with Crippen LogP contribution >= 0.6 is 23.2 Å². The van der Waals surface area contributed by atoms with E-state index in [1.165, 1.54) is 0 Å². The summed E-state index contributed by atoms with van der Waals surface area (Å²) in [6.07, 6.45) is 0.445. The number of carboxylic acid groups (broad SMARTS) is 1. The molecule has 9 heavy (non-hydrogen) atoms. The molecule has 0 heterocycles. The topological polar surface area (TPSA) is 37.3 Å². The number of carboxylic acids is 1. The van der Waals surface area contributed by atoms with Gasteiger partial charge in [0, 0.05) is 11.8 Å². The third-order valence-corrected chi connectivity index (χ3v) is 1.58. The minimum Gasteiger partial charge on any atom is -0.481 e. The number of alkyl halides is 2. The van der Waals surface area contributed by atoms with Crippen molar-refractivity contribution in [3.05, 3.63) is 0 Å². The Morgan fingerprint density at radius 1 is 1.56 bits per heavy atom. The molecule has 1 atom stereocenters. The summed E-state index contributed by atoms with van der Waals surface area (Å²) in [6.45, 7) is 0. The predicted octanol–water partition coefficient (Wildman–Crippen LogP) is 1.55. The lowest BCUT2D eigenvalue weighted by molar-refractivity contribution is -0.141. The number of carbonyl (C=O) groups is 1. The van der Waals surface area contributed by atoms with Crippen LogP contribution < -0.4 is 0 Å². The van der Waals surface area contributed by atoms with Crippen LogP contribution in [-0.4, -0.2) is 22.8 Å². The maximum Gasteiger partial charge on any atom is 0.307 e. The first-order chi connectivity index (χ1) is 4.22. The van der Waals surface area contributed by atoms with Crippen LogP contribution in [0.3, 0.4) is 0 Å². The van der Waals surface area contributed by atoms with E-state index in [1.807, 2.05) is 0 Å². The number of hydrogen-bond acceptors (Lipinski definition) is 1. The number of hydrogen-bond donors (Lipinski definition) is 1. The molecule has 4 heteroatoms. The Morgan fingerprint density at radius 3 is 2.22 bits per heavy atom. The molecule has 0 aliphatic carbocycles. The molecule has 0 aliphatic heterocycles. The molecule has 0 rings (SSSR count). The molecule has 1 unspecified atom stereocenters. The van der Waals surface area contributed by atoms with Crippen molar-refractivity contribution in [2.75, 3.05) is 11.8 Å². The average Bonchev–Trinajstić information content (AvgIpc) is 1.82. The van der Waals surface area contributed by atoms with Gasteiger partial charge in [0.05, 0.1) is 5.92 Å². The van der Waals surface area contributed by atoms with Crippen molar-refractivity contribution in [3.63, 3.8) is 0 Å². The van der Waals surface area contributed by atoms with Crippen molar-refractivity contribution >= 4 is 29.2 Å². The van der Waals surface area contributed by atoms with Crippen molar-refractivity contribution in [1.82, 2.24) is 0 Å². The summed E-state index contributed by atoms with van der Waals surface area (Å²) in [6, 6.07) is 0. The van der Waals surface area contributed by atoms with Gasteiger partial charge in [-0.25, -0.2) is 0 Å². The summed E-state index contributed by atoms with van der Waals surface area (Å²) in [5, 5.41) is 8.36. The van der Waals surface area contributed by atoms with Gasteiger partial charge in [-0.2, -0.15) is 0 Å². The van der Waals surface area contributed by atoms with Crippen molar-refractivity contribution < 1.29 is 9.90 Å². The zero-order valence-electron chi connectivity index (χ0n) is 4.81. The second-order valence-electron chi connectivity index (χ2n) is 1.67. The highest BCUT2D eigenvalue weighted by Crippen LogP contribution is 2.06. The number of halogens is 2. The van der Waals surface area contributed by atoms with E-state index in [9.17, 15) is 4.79 Å². The quantitative estimate of drug-likeness (QED) is 0.651. The third-order valence-electron chi connectivity index (χ3n) is 0.993. The zero-order chi connectivity index (χ0) is 7.28. The molecule has 0 spiro atoms. The fraction of sp³-hybridized carbons (Fsp3) is 0.800. The Kier molecular flexibility index (Phi) is 4.91. The van der Waals surface area contributed by atoms with Gasteiger partial charge in [-0.15, -0.1) is 23.2 Å². The Bertz CT molecular complexity index is 95.0. The molecule has 0 aromatic heterocycles. The lowest BCUT2D eigenvalue weighted by Crippen LogP contribution is -2.15. The Hall–Kier alpha value is 0.0500. The molecule has 0 aromatic rings. The second kappa shape index (κ2) is 4.89. The molecule has 0 bridgehead atoms. The molecule has 0 saturated heterocycles. The molecule has 2 nitrogen and oxygen atoms in total. The summed E-state index contributed by atoms with van der Waals surface area (Å²) in [4.78, 5) is 10.2. The molecule has 0 radical (unpaired) electrons. The van der Waals surface area contributed by atoms with Crippen molar-refractivity contribution in [2.45, 2.75) is 6.42 Å². The fourth-order valence-corrected chi connectivity index (χ4v) is 0.948. The highest BCUT2D eigenvalue weighted by Gasteiger charge is 2.14. The van der Waals surface area contributed by atoms with Crippen LogP contribution in [0.1, 0.15) is 6.42 Å². The highest BCUT2D eigenvalue weighted by molar-refractivity contribution is 6.19. The van der Waals surface area contributed by atoms with Crippen LogP contribution in [0.25, 0.3) is 0 Å². The van der Waals surface area contributed by atoms with Gasteiger partial charge in [-0.3, -0.25) is 4.79 Å². The molecule has 0 fully saturated rings. The van der Waals surface area contributed by atoms with E-state index in [0.717, 1.165) is 0 Å². The molecular weight excluding hydrogens is 163 g/mol. The van der Waals surface area contributed by atoms with Crippen LogP contribution in [0.5, 0.6) is 0 Å². The monoisotopic (exact) mass is 170 g/mol. The molecule has 54 valence electrons. The first-order valence-electron chi connectivity index (χ1n) is 2.57. The smallest absolute Gasteiger partial charge is 0.307 e. The van der Waals surface area contributed by atoms with Gasteiger partial charge in [0.25, 0.3) is 0 Å². The molecule has 0 aliphatic rings. The van der Waals surface area contributed by atoms with Gasteiger partial charge in [0.2, 0.25) is 0 Å². The largest absolute Gasteiger partial charge is 0.481 e. The zero-order valence-corrected chi connectivity index (χ0v) is 6.32. The Balaban J connectivity index is 3.54. The van der Waals surface area contributed by atoms with E-state index in [4.69, 9.17) is 28.3 Å². The van der Waals surface area contributed by atoms with Gasteiger partial charge in [0.1, 0.15) is 0 Å². The highest BCUT2D eigenvalue weighted by atomic mass is 35.5. The first-order valence-corrected chi connectivity index (χ1v) is 3.64. The van der Waals surface area contributed by atoms with Gasteiger partial charge in [0.15, 0.2) is 0 Å². The van der Waals surface area contributed by atoms with Crippen LogP contribution in [0.15, 0.2) is 0 Å². The van der Waals surface area contributed by atoms with E-state index in [-0.39, 0.29) is 5.88 Å². The van der Waals surface area contributed by atoms with E-state index in [0.29, 0.717) is 12.3 Å². The predicted molar refractivity (Wildman–Crippen MR) is 37.2 cm³/mol. The van der Waals surface area contributed by atoms with Crippen molar-refractivity contribution in [3.8, 4) is 0 Å². The lowest BCUT2D eigenvalue weighted by atomic mass is 10.1. The molecule has 0 saturated carbocycles. The van der Waals surface area contributed by atoms with E-state index in [2.05, 4.69) is 0 Å². The van der Waals surface area contributed by atoms with E-state index in [1.54, 1.807) is 0 Å². The maximum atomic E-state index is 10.2. The fourth-order valence-electron chi connectivity index (χ4n) is 0.398. The average molecular weight is 171 g/mol. The third kappa shape index (κ3) is 3.60. The SMILES string of the molecule is O=C(O)C(CCl)CCCl. The molecule has 0 amide bonds. The Morgan fingerprint density at radius 2 is 2.11 bits per heavy atom. The second-order valence-corrected chi connectivity index (χ2v) is 2.35. The summed E-state index contributed by atoms with van der Waals surface area (Å²) in [5.74, 6) is -0.860. The van der Waals surface area contributed by atoms with Crippen molar-refractivity contribution in [2.24, 2.45) is 5.92 Å². The summed E-state index contributed by atoms with van der Waals surface area (Å²) < 4.78 is 0. The Labute approximate surface area is 63.8 Å². The van der Waals surface area contributed by atoms with Gasteiger partial charge >= 0.3 is 5.97 Å². The summed E-state index contributed by atoms with van der Waals surface area (Å²) in [5.41, 5.74) is 0. The van der Waals surface area contributed by atoms with Crippen molar-refractivity contribution in [1.29, 1.82) is 0 Å². The minimum absolute atomic E-state index is 0.141. The summed E-state index contributed by atoms with van der Waals surface area (Å²) in [7, 11) is 0. The van der Waals surface area contributed by atoms with Crippen LogP contribution in [0.2, 0.25) is 0 Å². The van der Waals surface area contributed by atoms with Gasteiger partial charge < -0.3 is 5.11 Å². The maximum absolute atomic E-state index is 10.2. The summed E-state index contributed by atoms with van der Waals surface area (Å²) >= 11 is 10.6. The standard InChI is InChI=1S/C5H8Cl2O2/c6-2-1-4(3-7)5(8)9/h4H,1-3H2,(H,8,9). The number of aliphatic carboxylic acids is 1. The molecular formula is C5H8Cl2O2. The lowest BCUT2D eigenvalue weighted by Gasteiger charge is -2.03. The van der Waals surface area contributed by atoms with Crippen LogP contribution in [0, 0.1) is 5.92 Å². The van der Waals surface area contributed by atoms with Crippen LogP contribution in [0.4, 0.5) is 0 Å². The first kappa shape index (κ1) is 9.05.